The van der Waals surface area contributed by atoms with Gasteiger partial charge in [0.25, 0.3) is 11.5 Å². The van der Waals surface area contributed by atoms with Crippen molar-refractivity contribution in [3.05, 3.63) is 87.3 Å². The van der Waals surface area contributed by atoms with Crippen LogP contribution in [0.2, 0.25) is 0 Å². The van der Waals surface area contributed by atoms with Gasteiger partial charge in [0.1, 0.15) is 28.8 Å². The van der Waals surface area contributed by atoms with Crippen LogP contribution in [0.5, 0.6) is 11.5 Å². The lowest BCUT2D eigenvalue weighted by Crippen LogP contribution is -2.41. The van der Waals surface area contributed by atoms with Gasteiger partial charge in [-0.25, -0.2) is 13.8 Å². The minimum Gasteiger partial charge on any atom is -0.497 e. The highest BCUT2D eigenvalue weighted by atomic mass is 19.4. The van der Waals surface area contributed by atoms with Crippen LogP contribution in [0.25, 0.3) is 0 Å². The van der Waals surface area contributed by atoms with Gasteiger partial charge >= 0.3 is 6.36 Å². The monoisotopic (exact) mass is 605 g/mol. The number of aryl methyl sites for hydroxylation is 1. The molecule has 43 heavy (non-hydrogen) atoms. The number of halogens is 5. The van der Waals surface area contributed by atoms with Crippen molar-refractivity contribution >= 4 is 23.7 Å². The van der Waals surface area contributed by atoms with E-state index in [1.54, 1.807) is 19.2 Å². The molecule has 2 aromatic carbocycles. The van der Waals surface area contributed by atoms with Crippen molar-refractivity contribution in [3.8, 4) is 11.5 Å². The zero-order valence-corrected chi connectivity index (χ0v) is 22.7. The third-order valence-corrected chi connectivity index (χ3v) is 7.29. The van der Waals surface area contributed by atoms with Crippen LogP contribution in [0.3, 0.4) is 0 Å². The van der Waals surface area contributed by atoms with Crippen LogP contribution in [-0.2, 0) is 9.53 Å². The molecule has 3 heterocycles. The Kier molecular flexibility index (Phi) is 8.06. The smallest absolute Gasteiger partial charge is 0.497 e. The van der Waals surface area contributed by atoms with Gasteiger partial charge in [0.2, 0.25) is 5.91 Å². The first-order valence-electron chi connectivity index (χ1n) is 13.0. The number of pyridine rings is 1. The minimum atomic E-state index is -4.93. The van der Waals surface area contributed by atoms with Crippen LogP contribution >= 0.6 is 0 Å². The number of rotatable bonds is 7. The van der Waals surface area contributed by atoms with E-state index in [-0.39, 0.29) is 29.6 Å². The Hall–Kier alpha value is -4.59. The number of alkyl halides is 3. The predicted molar refractivity (Wildman–Crippen MR) is 143 cm³/mol. The van der Waals surface area contributed by atoms with Crippen molar-refractivity contribution in [2.24, 2.45) is 10.9 Å². The first-order valence-corrected chi connectivity index (χ1v) is 13.0. The zero-order valence-electron chi connectivity index (χ0n) is 22.7. The summed E-state index contributed by atoms with van der Waals surface area (Å²) in [6.45, 7) is 1.92. The lowest BCUT2D eigenvalue weighted by Gasteiger charge is -2.29. The van der Waals surface area contributed by atoms with E-state index < -0.39 is 58.5 Å². The second kappa shape index (κ2) is 11.6. The first kappa shape index (κ1) is 29.9. The Bertz CT molecular complexity index is 1630. The quantitative estimate of drug-likeness (QED) is 0.289. The van der Waals surface area contributed by atoms with Crippen molar-refractivity contribution < 1.29 is 45.8 Å². The summed E-state index contributed by atoms with van der Waals surface area (Å²) in [6, 6.07) is 7.23. The molecule has 0 N–H and O–H groups in total. The summed E-state index contributed by atoms with van der Waals surface area (Å²) in [5.74, 6) is -6.91. The van der Waals surface area contributed by atoms with Crippen molar-refractivity contribution in [2.75, 3.05) is 31.8 Å². The maximum Gasteiger partial charge on any atom is 0.573 e. The SMILES string of the molecule is COc1cc(F)c([C@@H]2CN(c3c(C)ccn(C4COC4)c3=O)C(=O)C2C=NC(=O)c2ccc(OC(F)(F)F)cc2)c(F)c1. The van der Waals surface area contributed by atoms with E-state index in [1.807, 2.05) is 0 Å². The fourth-order valence-corrected chi connectivity index (χ4v) is 5.08. The fraction of sp³-hybridized carbons (Fsp3) is 0.310. The van der Waals surface area contributed by atoms with Crippen LogP contribution < -0.4 is 19.9 Å². The molecule has 2 saturated heterocycles. The standard InChI is InChI=1S/C29H24F5N3O6/c1-15-7-8-36(17-13-42-14-17)28(40)25(15)37-12-21(24-22(30)9-19(41-2)10-23(24)31)20(27(37)39)11-35-26(38)16-3-5-18(6-4-16)43-29(32,33)34/h3-11,17,20-21H,12-14H2,1-2H3/t20?,21-/m1/s1. The molecule has 226 valence electrons. The van der Waals surface area contributed by atoms with Gasteiger partial charge in [-0.1, -0.05) is 0 Å². The molecule has 2 aliphatic rings. The summed E-state index contributed by atoms with van der Waals surface area (Å²) < 4.78 is 83.2. The van der Waals surface area contributed by atoms with Crippen molar-refractivity contribution in [2.45, 2.75) is 25.2 Å². The zero-order chi connectivity index (χ0) is 31.1. The molecule has 1 unspecified atom stereocenters. The topological polar surface area (TPSA) is 99.4 Å². The maximum atomic E-state index is 15.2. The molecule has 2 fully saturated rings. The average molecular weight is 606 g/mol. The van der Waals surface area contributed by atoms with E-state index in [0.717, 1.165) is 47.5 Å². The lowest BCUT2D eigenvalue weighted by atomic mass is 9.88. The number of benzene rings is 2. The van der Waals surface area contributed by atoms with Gasteiger partial charge in [0.15, 0.2) is 0 Å². The molecule has 2 amide bonds. The largest absolute Gasteiger partial charge is 0.573 e. The summed E-state index contributed by atoms with van der Waals surface area (Å²) in [7, 11) is 1.23. The molecule has 0 bridgehead atoms. The van der Waals surface area contributed by atoms with Gasteiger partial charge in [-0.15, -0.1) is 13.2 Å². The van der Waals surface area contributed by atoms with Crippen LogP contribution in [0, 0.1) is 24.5 Å². The number of methoxy groups -OCH3 is 1. The van der Waals surface area contributed by atoms with Crippen LogP contribution in [-0.4, -0.2) is 55.8 Å². The summed E-state index contributed by atoms with van der Waals surface area (Å²) in [4.78, 5) is 45.0. The van der Waals surface area contributed by atoms with Gasteiger partial charge < -0.3 is 23.7 Å². The number of ether oxygens (including phenoxy) is 3. The van der Waals surface area contributed by atoms with Gasteiger partial charge in [-0.05, 0) is 42.8 Å². The molecular weight excluding hydrogens is 581 g/mol. The molecule has 5 rings (SSSR count). The third-order valence-electron chi connectivity index (χ3n) is 7.29. The number of carbonyl (C=O) groups is 2. The Morgan fingerprint density at radius 3 is 2.26 bits per heavy atom. The van der Waals surface area contributed by atoms with E-state index in [9.17, 15) is 27.6 Å². The van der Waals surface area contributed by atoms with Crippen molar-refractivity contribution in [1.82, 2.24) is 4.57 Å². The van der Waals surface area contributed by atoms with E-state index in [2.05, 4.69) is 9.73 Å². The molecule has 0 radical (unpaired) electrons. The van der Waals surface area contributed by atoms with Crippen molar-refractivity contribution in [3.63, 3.8) is 0 Å². The van der Waals surface area contributed by atoms with E-state index in [0.29, 0.717) is 18.8 Å². The van der Waals surface area contributed by atoms with E-state index in [4.69, 9.17) is 9.47 Å². The molecule has 3 aromatic rings. The second-order valence-electron chi connectivity index (χ2n) is 9.99. The molecule has 1 aromatic heterocycles. The summed E-state index contributed by atoms with van der Waals surface area (Å²) >= 11 is 0. The van der Waals surface area contributed by atoms with Gasteiger partial charge in [-0.2, -0.15) is 0 Å². The summed E-state index contributed by atoms with van der Waals surface area (Å²) in [5.41, 5.74) is -0.627. The number of hydrogen-bond donors (Lipinski definition) is 0. The van der Waals surface area contributed by atoms with Crippen LogP contribution in [0.15, 0.2) is 58.4 Å². The Labute approximate surface area is 241 Å². The second-order valence-corrected chi connectivity index (χ2v) is 9.99. The summed E-state index contributed by atoms with van der Waals surface area (Å²) in [6.07, 6.45) is -2.40. The third kappa shape index (κ3) is 6.00. The molecule has 9 nitrogen and oxygen atoms in total. The maximum absolute atomic E-state index is 15.2. The van der Waals surface area contributed by atoms with E-state index >= 15 is 8.78 Å². The Morgan fingerprint density at radius 1 is 1.05 bits per heavy atom. The molecule has 14 heteroatoms. The predicted octanol–water partition coefficient (Wildman–Crippen LogP) is 4.57. The normalized spacial score (nSPS) is 19.1. The molecule has 0 spiro atoms. The number of aromatic nitrogens is 1. The van der Waals surface area contributed by atoms with E-state index in [1.165, 1.54) is 11.7 Å². The fourth-order valence-electron chi connectivity index (χ4n) is 5.08. The van der Waals surface area contributed by atoms with Gasteiger partial charge in [-0.3, -0.25) is 14.4 Å². The summed E-state index contributed by atoms with van der Waals surface area (Å²) in [5, 5.41) is 0. The molecule has 2 atom stereocenters. The number of carbonyl (C=O) groups excluding carboxylic acids is 2. The lowest BCUT2D eigenvalue weighted by molar-refractivity contribution is -0.274. The highest BCUT2D eigenvalue weighted by Crippen LogP contribution is 2.39. The van der Waals surface area contributed by atoms with Crippen LogP contribution in [0.1, 0.15) is 33.4 Å². The number of hydrogen-bond acceptors (Lipinski definition) is 6. The van der Waals surface area contributed by atoms with Gasteiger partial charge in [0.05, 0.1) is 32.3 Å². The number of nitrogens with zero attached hydrogens (tertiary/aromatic N) is 3. The number of amides is 2. The average Bonchev–Trinajstić information content (AvgIpc) is 3.22. The Balaban J connectivity index is 1.51. The Morgan fingerprint density at radius 2 is 1.70 bits per heavy atom. The molecule has 0 saturated carbocycles. The first-order chi connectivity index (χ1) is 20.4. The molecule has 0 aliphatic carbocycles. The minimum absolute atomic E-state index is 0.0150. The highest BCUT2D eigenvalue weighted by molar-refractivity contribution is 6.10. The van der Waals surface area contributed by atoms with Crippen LogP contribution in [0.4, 0.5) is 27.6 Å². The van der Waals surface area contributed by atoms with Crippen molar-refractivity contribution in [1.29, 1.82) is 0 Å². The number of anilines is 1. The highest BCUT2D eigenvalue weighted by Gasteiger charge is 2.45. The molecule has 2 aliphatic heterocycles. The van der Waals surface area contributed by atoms with Gasteiger partial charge in [0, 0.05) is 48.1 Å². The number of aliphatic imine (C=N–C) groups is 1. The molecular formula is C29H24F5N3O6.